The summed E-state index contributed by atoms with van der Waals surface area (Å²) in [6.45, 7) is 0. The van der Waals surface area contributed by atoms with Crippen molar-refractivity contribution in [2.75, 3.05) is 19.0 Å². The predicted octanol–water partition coefficient (Wildman–Crippen LogP) is -1.00. The zero-order valence-corrected chi connectivity index (χ0v) is 10.1. The molecule has 0 spiro atoms. The van der Waals surface area contributed by atoms with Gasteiger partial charge >= 0.3 is 11.8 Å². The van der Waals surface area contributed by atoms with Gasteiger partial charge in [-0.15, -0.1) is 0 Å². The van der Waals surface area contributed by atoms with Crippen LogP contribution in [0.3, 0.4) is 0 Å². The van der Waals surface area contributed by atoms with Crippen LogP contribution in [0.2, 0.25) is 0 Å². The molecule has 1 rings (SSSR count). The van der Waals surface area contributed by atoms with E-state index in [2.05, 4.69) is 5.43 Å². The van der Waals surface area contributed by atoms with Crippen LogP contribution in [0.1, 0.15) is 10.4 Å². The second-order valence-electron chi connectivity index (χ2n) is 3.71. The molecule has 0 heterocycles. The lowest BCUT2D eigenvalue weighted by molar-refractivity contribution is -0.137. The fraction of sp³-hybridized carbons (Fsp3) is 0.182. The zero-order valence-electron chi connectivity index (χ0n) is 10.1. The Kier molecular flexibility index (Phi) is 4.25. The third kappa shape index (κ3) is 3.48. The highest BCUT2D eigenvalue weighted by molar-refractivity contribution is 6.34. The molecule has 7 heteroatoms. The van der Waals surface area contributed by atoms with Gasteiger partial charge in [-0.3, -0.25) is 25.2 Å². The molecule has 0 aliphatic rings. The average Bonchev–Trinajstić information content (AvgIpc) is 2.35. The Labute approximate surface area is 104 Å². The molecule has 0 radical (unpaired) electrons. The molecule has 0 aliphatic carbocycles. The molecule has 96 valence electrons. The first-order chi connectivity index (χ1) is 8.41. The Morgan fingerprint density at radius 3 is 2.06 bits per heavy atom. The second-order valence-corrected chi connectivity index (χ2v) is 3.71. The van der Waals surface area contributed by atoms with E-state index in [9.17, 15) is 14.4 Å². The molecule has 0 aromatic heterocycles. The number of nitrogens with one attached hydrogen (secondary N) is 2. The summed E-state index contributed by atoms with van der Waals surface area (Å²) in [4.78, 5) is 34.7. The van der Waals surface area contributed by atoms with Crippen LogP contribution in [0.5, 0.6) is 0 Å². The molecular weight excluding hydrogens is 236 g/mol. The molecule has 4 N–H and O–H groups in total. The summed E-state index contributed by atoms with van der Waals surface area (Å²) in [5, 5.41) is 0. The van der Waals surface area contributed by atoms with Crippen molar-refractivity contribution in [1.29, 1.82) is 0 Å². The van der Waals surface area contributed by atoms with Crippen LogP contribution in [-0.2, 0) is 9.59 Å². The Bertz CT molecular complexity index is 468. The maximum Gasteiger partial charge on any atom is 0.327 e. The average molecular weight is 250 g/mol. The maximum absolute atomic E-state index is 11.6. The van der Waals surface area contributed by atoms with Gasteiger partial charge in [-0.25, -0.2) is 0 Å². The molecule has 0 fully saturated rings. The summed E-state index contributed by atoms with van der Waals surface area (Å²) in [5.41, 5.74) is 9.97. The number of hydrogen-bond acceptors (Lipinski definition) is 4. The number of primary amides is 1. The molecule has 0 saturated carbocycles. The van der Waals surface area contributed by atoms with Crippen molar-refractivity contribution in [3.63, 3.8) is 0 Å². The first-order valence-electron chi connectivity index (χ1n) is 5.09. The highest BCUT2D eigenvalue weighted by Gasteiger charge is 2.10. The number of anilines is 1. The van der Waals surface area contributed by atoms with Gasteiger partial charge in [0.25, 0.3) is 5.91 Å². The van der Waals surface area contributed by atoms with E-state index in [1.165, 1.54) is 0 Å². The SMILES string of the molecule is CN(C)c1ccc(C(=O)NNC(=O)C(N)=O)cc1. The Morgan fingerprint density at radius 1 is 1.06 bits per heavy atom. The summed E-state index contributed by atoms with van der Waals surface area (Å²) in [6, 6.07) is 6.71. The van der Waals surface area contributed by atoms with E-state index in [1.807, 2.05) is 24.4 Å². The molecule has 0 unspecified atom stereocenters. The Balaban J connectivity index is 2.62. The highest BCUT2D eigenvalue weighted by atomic mass is 16.2. The number of nitrogens with zero attached hydrogens (tertiary/aromatic N) is 1. The molecule has 3 amide bonds. The largest absolute Gasteiger partial charge is 0.378 e. The number of carbonyl (C=O) groups is 3. The van der Waals surface area contributed by atoms with E-state index in [0.717, 1.165) is 5.69 Å². The fourth-order valence-corrected chi connectivity index (χ4v) is 1.16. The summed E-state index contributed by atoms with van der Waals surface area (Å²) in [7, 11) is 3.75. The van der Waals surface area contributed by atoms with Crippen molar-refractivity contribution in [2.24, 2.45) is 5.73 Å². The molecule has 18 heavy (non-hydrogen) atoms. The van der Waals surface area contributed by atoms with Gasteiger partial charge in [-0.2, -0.15) is 0 Å². The molecular formula is C11H14N4O3. The van der Waals surface area contributed by atoms with Crippen LogP contribution in [-0.4, -0.2) is 31.8 Å². The third-order valence-electron chi connectivity index (χ3n) is 2.16. The molecule has 0 bridgehead atoms. The van der Waals surface area contributed by atoms with Gasteiger partial charge in [0.05, 0.1) is 0 Å². The monoisotopic (exact) mass is 250 g/mol. The molecule has 1 aromatic rings. The Morgan fingerprint density at radius 2 is 1.61 bits per heavy atom. The lowest BCUT2D eigenvalue weighted by Crippen LogP contribution is -2.47. The third-order valence-corrected chi connectivity index (χ3v) is 2.16. The normalized spacial score (nSPS) is 9.44. The van der Waals surface area contributed by atoms with Gasteiger partial charge in [-0.05, 0) is 24.3 Å². The molecule has 0 saturated heterocycles. The van der Waals surface area contributed by atoms with Crippen LogP contribution in [0.15, 0.2) is 24.3 Å². The summed E-state index contributed by atoms with van der Waals surface area (Å²) in [5.74, 6) is -2.78. The van der Waals surface area contributed by atoms with E-state index in [4.69, 9.17) is 5.73 Å². The number of amides is 3. The number of hydrazine groups is 1. The van der Waals surface area contributed by atoms with Crippen molar-refractivity contribution >= 4 is 23.4 Å². The molecule has 0 aliphatic heterocycles. The predicted molar refractivity (Wildman–Crippen MR) is 65.6 cm³/mol. The van der Waals surface area contributed by atoms with E-state index in [-0.39, 0.29) is 0 Å². The van der Waals surface area contributed by atoms with Crippen molar-refractivity contribution in [2.45, 2.75) is 0 Å². The minimum absolute atomic E-state index is 0.352. The van der Waals surface area contributed by atoms with Crippen LogP contribution in [0.25, 0.3) is 0 Å². The molecule has 7 nitrogen and oxygen atoms in total. The number of benzene rings is 1. The van der Waals surface area contributed by atoms with Crippen LogP contribution in [0.4, 0.5) is 5.69 Å². The first kappa shape index (κ1) is 13.5. The first-order valence-corrected chi connectivity index (χ1v) is 5.09. The molecule has 0 atom stereocenters. The van der Waals surface area contributed by atoms with E-state index >= 15 is 0 Å². The van der Waals surface area contributed by atoms with E-state index in [1.54, 1.807) is 24.3 Å². The lowest BCUT2D eigenvalue weighted by atomic mass is 10.2. The van der Waals surface area contributed by atoms with Gasteiger partial charge in [0, 0.05) is 25.3 Å². The highest BCUT2D eigenvalue weighted by Crippen LogP contribution is 2.11. The van der Waals surface area contributed by atoms with E-state index in [0.29, 0.717) is 5.56 Å². The summed E-state index contributed by atoms with van der Waals surface area (Å²) in [6.07, 6.45) is 0. The molecule has 1 aromatic carbocycles. The lowest BCUT2D eigenvalue weighted by Gasteiger charge is -2.12. The van der Waals surface area contributed by atoms with Crippen LogP contribution in [0, 0.1) is 0 Å². The minimum Gasteiger partial charge on any atom is -0.378 e. The van der Waals surface area contributed by atoms with Gasteiger partial charge in [0.15, 0.2) is 0 Å². The fourth-order valence-electron chi connectivity index (χ4n) is 1.16. The quantitative estimate of drug-likeness (QED) is 0.462. The number of hydrogen-bond donors (Lipinski definition) is 3. The van der Waals surface area contributed by atoms with Crippen molar-refractivity contribution in [3.05, 3.63) is 29.8 Å². The van der Waals surface area contributed by atoms with E-state index < -0.39 is 17.7 Å². The zero-order chi connectivity index (χ0) is 13.7. The standard InChI is InChI=1S/C11H14N4O3/c1-15(2)8-5-3-7(4-6-8)10(17)13-14-11(18)9(12)16/h3-6H,1-2H3,(H2,12,16)(H,13,17)(H,14,18). The Hall–Kier alpha value is -2.57. The number of nitrogens with two attached hydrogens (primary N) is 1. The summed E-state index contributed by atoms with van der Waals surface area (Å²) < 4.78 is 0. The van der Waals surface area contributed by atoms with Crippen LogP contribution < -0.4 is 21.5 Å². The van der Waals surface area contributed by atoms with Crippen molar-refractivity contribution < 1.29 is 14.4 Å². The summed E-state index contributed by atoms with van der Waals surface area (Å²) >= 11 is 0. The van der Waals surface area contributed by atoms with Crippen LogP contribution >= 0.6 is 0 Å². The topological polar surface area (TPSA) is 105 Å². The van der Waals surface area contributed by atoms with Gasteiger partial charge in [-0.1, -0.05) is 0 Å². The van der Waals surface area contributed by atoms with Crippen molar-refractivity contribution in [1.82, 2.24) is 10.9 Å². The number of rotatable bonds is 2. The smallest absolute Gasteiger partial charge is 0.327 e. The maximum atomic E-state index is 11.6. The second kappa shape index (κ2) is 5.67. The number of carbonyl (C=O) groups excluding carboxylic acids is 3. The van der Waals surface area contributed by atoms with Gasteiger partial charge in [0.2, 0.25) is 0 Å². The van der Waals surface area contributed by atoms with Crippen molar-refractivity contribution in [3.8, 4) is 0 Å². The van der Waals surface area contributed by atoms with Gasteiger partial charge < -0.3 is 10.6 Å². The minimum atomic E-state index is -1.17. The van der Waals surface area contributed by atoms with Gasteiger partial charge in [0.1, 0.15) is 0 Å².